The molecule has 2 amide bonds. The van der Waals surface area contributed by atoms with Gasteiger partial charge in [0, 0.05) is 16.7 Å². The van der Waals surface area contributed by atoms with Crippen molar-refractivity contribution in [3.05, 3.63) is 66.9 Å². The molecule has 1 unspecified atom stereocenters. The lowest BCUT2D eigenvalue weighted by Gasteiger charge is -2.16. The number of rotatable bonds is 10. The topological polar surface area (TPSA) is 69.6 Å². The highest BCUT2D eigenvalue weighted by atomic mass is 127. The average molecular weight is 589 g/mol. The third kappa shape index (κ3) is 6.68. The molecule has 5 nitrogen and oxygen atoms in total. The molecule has 172 valence electrons. The number of benzene rings is 1. The van der Waals surface area contributed by atoms with Gasteiger partial charge in [0.15, 0.2) is 5.76 Å². The summed E-state index contributed by atoms with van der Waals surface area (Å²) in [5.74, 6) is -0.935. The van der Waals surface area contributed by atoms with E-state index in [-0.39, 0.29) is 38.8 Å². The minimum atomic E-state index is -0.483. The molecule has 1 heterocycles. The van der Waals surface area contributed by atoms with Crippen LogP contribution in [-0.4, -0.2) is 46.0 Å². The third-order valence-electron chi connectivity index (χ3n) is 5.63. The van der Waals surface area contributed by atoms with Crippen molar-refractivity contribution in [1.82, 2.24) is 10.2 Å². The minimum absolute atomic E-state index is 0.136. The first-order chi connectivity index (χ1) is 15.4. The van der Waals surface area contributed by atoms with Crippen molar-refractivity contribution in [1.29, 1.82) is 0 Å². The SMILES string of the molecule is C=Ic1ccc(CCN2CC(C(=O)NCCCCC3C=C(Cl)C(Cl)=CC3)=C(O)C2=O)cc1. The van der Waals surface area contributed by atoms with Crippen molar-refractivity contribution in [3.63, 3.8) is 0 Å². The molecule has 0 fully saturated rings. The highest BCUT2D eigenvalue weighted by Crippen LogP contribution is 2.30. The van der Waals surface area contributed by atoms with E-state index < -0.39 is 11.7 Å². The second-order valence-electron chi connectivity index (χ2n) is 7.88. The quantitative estimate of drug-likeness (QED) is 0.298. The molecule has 8 heteroatoms. The average Bonchev–Trinajstić information content (AvgIpc) is 3.08. The number of halogens is 3. The van der Waals surface area contributed by atoms with Gasteiger partial charge < -0.3 is 15.3 Å². The molecule has 2 aliphatic rings. The first kappa shape index (κ1) is 25.0. The Labute approximate surface area is 208 Å². The summed E-state index contributed by atoms with van der Waals surface area (Å²) in [7, 11) is 0. The molecule has 1 aliphatic carbocycles. The van der Waals surface area contributed by atoms with Gasteiger partial charge in [-0.25, -0.2) is 0 Å². The van der Waals surface area contributed by atoms with Crippen LogP contribution in [-0.2, 0) is 16.0 Å². The van der Waals surface area contributed by atoms with Crippen LogP contribution in [0.3, 0.4) is 0 Å². The highest BCUT2D eigenvalue weighted by molar-refractivity contribution is 14.2. The summed E-state index contributed by atoms with van der Waals surface area (Å²) in [6.07, 6.45) is 8.17. The molecular weight excluding hydrogens is 562 g/mol. The van der Waals surface area contributed by atoms with Gasteiger partial charge in [0.05, 0.1) is 22.2 Å². The maximum Gasteiger partial charge on any atom is 0.289 e. The van der Waals surface area contributed by atoms with Gasteiger partial charge in [0.1, 0.15) is 0 Å². The van der Waals surface area contributed by atoms with E-state index in [0.717, 1.165) is 31.2 Å². The van der Waals surface area contributed by atoms with E-state index in [0.29, 0.717) is 35.5 Å². The molecule has 0 saturated carbocycles. The number of carbonyl (C=O) groups is 2. The monoisotopic (exact) mass is 588 g/mol. The van der Waals surface area contributed by atoms with Crippen LogP contribution in [0.5, 0.6) is 0 Å². The summed E-state index contributed by atoms with van der Waals surface area (Å²) in [6.45, 7) is 1.08. The minimum Gasteiger partial charge on any atom is -0.503 e. The number of unbranched alkanes of at least 4 members (excludes halogenated alkanes) is 1. The van der Waals surface area contributed by atoms with Gasteiger partial charge in [-0.05, 0) is 49.3 Å². The molecule has 0 radical (unpaired) electrons. The molecule has 2 N–H and O–H groups in total. The van der Waals surface area contributed by atoms with Crippen LogP contribution in [0.15, 0.2) is 57.8 Å². The molecule has 0 aromatic heterocycles. The van der Waals surface area contributed by atoms with Gasteiger partial charge in [-0.2, -0.15) is 0 Å². The van der Waals surface area contributed by atoms with E-state index in [1.807, 2.05) is 24.3 Å². The van der Waals surface area contributed by atoms with Crippen LogP contribution in [0.25, 0.3) is 0 Å². The van der Waals surface area contributed by atoms with Crippen molar-refractivity contribution < 1.29 is 14.7 Å². The maximum absolute atomic E-state index is 12.5. The number of amides is 2. The molecule has 1 aromatic rings. The number of aliphatic hydroxyl groups excluding tert-OH is 1. The summed E-state index contributed by atoms with van der Waals surface area (Å²) in [6, 6.07) is 8.23. The fourth-order valence-electron chi connectivity index (χ4n) is 3.73. The van der Waals surface area contributed by atoms with E-state index in [1.54, 1.807) is 0 Å². The lowest BCUT2D eigenvalue weighted by Crippen LogP contribution is -2.32. The van der Waals surface area contributed by atoms with Gasteiger partial charge in [-0.1, -0.05) is 79.2 Å². The summed E-state index contributed by atoms with van der Waals surface area (Å²) in [5.41, 5.74) is 1.26. The normalized spacial score (nSPS) is 18.6. The molecule has 32 heavy (non-hydrogen) atoms. The summed E-state index contributed by atoms with van der Waals surface area (Å²) >= 11 is 11.9. The number of allylic oxidation sites excluding steroid dienone is 4. The van der Waals surface area contributed by atoms with Crippen LogP contribution in [0.2, 0.25) is 0 Å². The fourth-order valence-corrected chi connectivity index (χ4v) is 5.00. The van der Waals surface area contributed by atoms with Crippen molar-refractivity contribution in [2.45, 2.75) is 32.1 Å². The largest absolute Gasteiger partial charge is 0.503 e. The Bertz CT molecular complexity index is 970. The van der Waals surface area contributed by atoms with Crippen LogP contribution >= 0.6 is 43.9 Å². The van der Waals surface area contributed by atoms with E-state index in [2.05, 4.69) is 22.0 Å². The zero-order chi connectivity index (χ0) is 23.1. The molecule has 1 atom stereocenters. The Balaban J connectivity index is 1.39. The van der Waals surface area contributed by atoms with E-state index in [9.17, 15) is 14.7 Å². The lowest BCUT2D eigenvalue weighted by molar-refractivity contribution is -0.127. The van der Waals surface area contributed by atoms with Gasteiger partial charge in [0.2, 0.25) is 0 Å². The summed E-state index contributed by atoms with van der Waals surface area (Å²) in [5, 5.41) is 14.2. The molecule has 1 aliphatic heterocycles. The predicted octanol–water partition coefficient (Wildman–Crippen LogP) is 5.01. The van der Waals surface area contributed by atoms with Crippen molar-refractivity contribution in [2.75, 3.05) is 19.6 Å². The van der Waals surface area contributed by atoms with Crippen molar-refractivity contribution in [2.24, 2.45) is 5.92 Å². The third-order valence-corrected chi connectivity index (χ3v) is 8.02. The van der Waals surface area contributed by atoms with Crippen molar-refractivity contribution >= 4 is 60.3 Å². The second-order valence-corrected chi connectivity index (χ2v) is 10.7. The fraction of sp³-hybridized carbons (Fsp3) is 0.375. The Kier molecular flexibility index (Phi) is 9.37. The zero-order valence-electron chi connectivity index (χ0n) is 17.8. The van der Waals surface area contributed by atoms with Gasteiger partial charge >= 0.3 is 0 Å². The molecule has 0 spiro atoms. The van der Waals surface area contributed by atoms with Gasteiger partial charge in [0.25, 0.3) is 11.8 Å². The highest BCUT2D eigenvalue weighted by Gasteiger charge is 2.33. The maximum atomic E-state index is 12.5. The van der Waals surface area contributed by atoms with Crippen LogP contribution in [0, 0.1) is 9.49 Å². The molecule has 0 saturated heterocycles. The van der Waals surface area contributed by atoms with Crippen LogP contribution in [0.1, 0.15) is 31.2 Å². The van der Waals surface area contributed by atoms with Gasteiger partial charge in [-0.15, -0.1) is 0 Å². The number of hydrogen-bond donors (Lipinski definition) is 2. The smallest absolute Gasteiger partial charge is 0.289 e. The predicted molar refractivity (Wildman–Crippen MR) is 139 cm³/mol. The molecule has 0 bridgehead atoms. The first-order valence-corrected chi connectivity index (χ1v) is 13.9. The summed E-state index contributed by atoms with van der Waals surface area (Å²) in [4.78, 5) is 26.3. The summed E-state index contributed by atoms with van der Waals surface area (Å²) < 4.78 is 5.24. The van der Waals surface area contributed by atoms with Crippen molar-refractivity contribution in [3.8, 4) is 0 Å². The van der Waals surface area contributed by atoms with Crippen LogP contribution < -0.4 is 5.32 Å². The number of hydrogen-bond acceptors (Lipinski definition) is 3. The van der Waals surface area contributed by atoms with Gasteiger partial charge in [-0.3, -0.25) is 9.59 Å². The second kappa shape index (κ2) is 12.0. The van der Waals surface area contributed by atoms with Crippen LogP contribution in [0.4, 0.5) is 0 Å². The molecular formula is C24H27Cl2IN2O3. The van der Waals surface area contributed by atoms with E-state index >= 15 is 0 Å². The number of nitrogens with zero attached hydrogens (tertiary/aromatic N) is 1. The zero-order valence-corrected chi connectivity index (χ0v) is 21.4. The van der Waals surface area contributed by atoms with E-state index in [4.69, 9.17) is 23.2 Å². The number of aliphatic hydroxyl groups is 1. The molecule has 1 aromatic carbocycles. The standard InChI is InChI=1S/C24H27Cl2IN2O3/c1-27-18-8-5-16(6-9-18)11-13-29-15-19(22(30)24(29)32)23(31)28-12-3-2-4-17-7-10-20(25)21(26)14-17/h5-6,8-10,14,17,30H,1-4,7,11-13,15H2,(H,28,31). The number of carbonyl (C=O) groups excluding carboxylic acids is 2. The first-order valence-electron chi connectivity index (χ1n) is 10.6. The Morgan fingerprint density at radius 2 is 1.97 bits per heavy atom. The Morgan fingerprint density at radius 3 is 2.66 bits per heavy atom. The lowest BCUT2D eigenvalue weighted by atomic mass is 9.95. The Morgan fingerprint density at radius 1 is 1.22 bits per heavy atom. The van der Waals surface area contributed by atoms with E-state index in [1.165, 1.54) is 8.47 Å². The number of nitrogens with one attached hydrogen (secondary N) is 1. The Hall–Kier alpha value is -1.64. The molecule has 3 rings (SSSR count).